The molecule has 2 aliphatic rings. The van der Waals surface area contributed by atoms with Gasteiger partial charge in [-0.05, 0) is 63.9 Å². The molecule has 3 heterocycles. The molecule has 0 saturated carbocycles. The second-order valence-corrected chi connectivity index (χ2v) is 21.6. The summed E-state index contributed by atoms with van der Waals surface area (Å²) in [4.78, 5) is 64.2. The number of aromatic nitrogens is 2. The van der Waals surface area contributed by atoms with Crippen molar-refractivity contribution in [1.82, 2.24) is 9.55 Å². The van der Waals surface area contributed by atoms with Gasteiger partial charge in [-0.25, -0.2) is 13.9 Å². The predicted octanol–water partition coefficient (Wildman–Crippen LogP) is 6.66. The Balaban J connectivity index is 1.80. The Hall–Kier alpha value is -3.44. The third-order valence-corrected chi connectivity index (χ3v) is 14.8. The molecule has 9 N–H and O–H groups in total. The maximum Gasteiger partial charge on any atom is 0.481 e. The van der Waals surface area contributed by atoms with Crippen molar-refractivity contribution in [3.05, 3.63) is 71.4 Å². The van der Waals surface area contributed by atoms with E-state index in [0.29, 0.717) is 19.3 Å². The highest BCUT2D eigenvalue weighted by molar-refractivity contribution is 7.61. The number of carbonyl (C=O) groups is 2. The molecule has 0 aromatic carbocycles. The van der Waals surface area contributed by atoms with Crippen molar-refractivity contribution in [3.8, 4) is 0 Å². The van der Waals surface area contributed by atoms with Crippen molar-refractivity contribution >= 4 is 33.4 Å². The number of ether oxygens (including phenoxy) is 4. The number of hydrogen-bond acceptors (Lipinski definition) is 19. The summed E-state index contributed by atoms with van der Waals surface area (Å²) < 4.78 is 64.6. The molecule has 3 rings (SSSR count). The Bertz CT molecular complexity index is 2050. The van der Waals surface area contributed by atoms with Crippen LogP contribution in [-0.4, -0.2) is 126 Å². The molecule has 0 aliphatic carbocycles. The van der Waals surface area contributed by atoms with E-state index in [-0.39, 0.29) is 37.9 Å². The van der Waals surface area contributed by atoms with E-state index in [0.717, 1.165) is 62.1 Å². The quantitative estimate of drug-likeness (QED) is 0.0187. The normalized spacial score (nSPS) is 30.1. The van der Waals surface area contributed by atoms with Crippen LogP contribution in [0.3, 0.4) is 0 Å². The maximum absolute atomic E-state index is 13.4. The zero-order valence-corrected chi connectivity index (χ0v) is 44.7. The first-order chi connectivity index (χ1) is 35.3. The smallest absolute Gasteiger partial charge is 0.462 e. The molecular weight excluding hydrogens is 1010 g/mol. The fraction of sp³-hybridized carbons (Fsp3) is 0.720. The van der Waals surface area contributed by atoms with Crippen molar-refractivity contribution < 1.29 is 86.3 Å². The third kappa shape index (κ3) is 26.6. The average Bonchev–Trinajstić information content (AvgIpc) is 3.35. The van der Waals surface area contributed by atoms with E-state index in [9.17, 15) is 58.8 Å². The summed E-state index contributed by atoms with van der Waals surface area (Å²) in [7, 11) is -11.3. The molecule has 1 fully saturated rings. The molecule has 3 unspecified atom stereocenters. The Morgan fingerprint density at radius 2 is 1.53 bits per heavy atom. The Morgan fingerprint density at radius 1 is 0.878 bits per heavy atom. The van der Waals surface area contributed by atoms with Gasteiger partial charge in [-0.3, -0.25) is 23.2 Å². The van der Waals surface area contributed by atoms with Gasteiger partial charge in [0.05, 0.1) is 25.4 Å². The molecule has 1 aromatic heterocycles. The molecule has 2 bridgehead atoms. The lowest BCUT2D eigenvalue weighted by Gasteiger charge is -2.36. The number of rotatable bonds is 23. The molecule has 0 radical (unpaired) electrons. The van der Waals surface area contributed by atoms with Gasteiger partial charge in [0.2, 0.25) is 0 Å². The number of carbonyl (C=O) groups excluding carboxylic acids is 2. The molecular formula is C50H83N3O19P2. The fourth-order valence-electron chi connectivity index (χ4n) is 8.04. The number of allylic oxidation sites excluding steroid dienone is 6. The minimum atomic E-state index is -5.73. The van der Waals surface area contributed by atoms with Gasteiger partial charge >= 0.3 is 33.3 Å². The highest BCUT2D eigenvalue weighted by Gasteiger charge is 2.44. The van der Waals surface area contributed by atoms with E-state index in [4.69, 9.17) is 33.7 Å². The van der Waals surface area contributed by atoms with Gasteiger partial charge in [0.25, 0.3) is 0 Å². The van der Waals surface area contributed by atoms with Crippen molar-refractivity contribution in [3.63, 3.8) is 0 Å². The van der Waals surface area contributed by atoms with Crippen LogP contribution in [0.2, 0.25) is 0 Å². The first-order valence-corrected chi connectivity index (χ1v) is 29.1. The molecule has 1 aromatic rings. The van der Waals surface area contributed by atoms with Crippen LogP contribution in [0.5, 0.6) is 0 Å². The monoisotopic (exact) mass is 1090 g/mol. The number of aliphatic hydroxyl groups excluding tert-OH is 5. The number of nitrogen functional groups attached to an aromatic ring is 1. The van der Waals surface area contributed by atoms with E-state index in [1.54, 1.807) is 12.2 Å². The van der Waals surface area contributed by atoms with Gasteiger partial charge in [0.1, 0.15) is 43.1 Å². The molecule has 74 heavy (non-hydrogen) atoms. The van der Waals surface area contributed by atoms with E-state index < -0.39 is 121 Å². The van der Waals surface area contributed by atoms with E-state index >= 15 is 0 Å². The summed E-state index contributed by atoms with van der Waals surface area (Å²) in [6.45, 7) is 1.40. The Labute approximate surface area is 434 Å². The van der Waals surface area contributed by atoms with Crippen molar-refractivity contribution in [2.75, 3.05) is 25.6 Å². The fourth-order valence-corrected chi connectivity index (χ4v) is 10.2. The van der Waals surface area contributed by atoms with Crippen LogP contribution in [0.25, 0.3) is 0 Å². The van der Waals surface area contributed by atoms with Crippen LogP contribution < -0.4 is 11.4 Å². The van der Waals surface area contributed by atoms with Crippen LogP contribution in [0.4, 0.5) is 5.82 Å². The van der Waals surface area contributed by atoms with Gasteiger partial charge in [0, 0.05) is 31.4 Å². The second kappa shape index (κ2) is 35.8. The summed E-state index contributed by atoms with van der Waals surface area (Å²) in [6.07, 6.45) is 13.3. The number of phosphoric acid groups is 2. The molecule has 12 atom stereocenters. The molecule has 0 amide bonds. The number of nitrogens with two attached hydrogens (primary N) is 1. The number of cyclic esters (lactones) is 1. The van der Waals surface area contributed by atoms with Crippen LogP contribution in [0.15, 0.2) is 65.7 Å². The van der Waals surface area contributed by atoms with Gasteiger partial charge in [-0.15, -0.1) is 0 Å². The standard InChI is InChI=1S/C50H83N3O19P2/c1-3-5-7-8-9-10-11-12-13-14-15-16-17-18-23-27-44(56)66-34-38-35-67-73(62,63)72-74(64,65)68-36-42-48(60)47(59)41(30-29-37(54)25-21-6-4-2)70-46(58)33-40(55)39(26-22-19-20-24-28-45(57)69-38)49(71-42)53-32-31-43(51)52-50(53)61/h10-13,19,22,29-32,37-42,46-49,54-55,58-60H,3-9,14-18,20-21,23-28,33-36H2,1-2H3,(H,62,63)(H,64,65)(H2,51,52,61)/b11-10-,13-12-,22-19?,30-29+/t37-,38+,39-,40-,41+,42+,46?,47-,48+,49+/m0/s1. The van der Waals surface area contributed by atoms with Gasteiger partial charge in [0.15, 0.2) is 12.4 Å². The molecule has 1 saturated heterocycles. The van der Waals surface area contributed by atoms with Crippen LogP contribution in [-0.2, 0) is 51.0 Å². The Morgan fingerprint density at radius 3 is 2.22 bits per heavy atom. The number of aliphatic hydroxyl groups is 5. The molecule has 0 spiro atoms. The zero-order chi connectivity index (χ0) is 54.4. The number of esters is 2. The van der Waals surface area contributed by atoms with E-state index in [1.165, 1.54) is 43.9 Å². The Kier molecular flexibility index (Phi) is 31.4. The number of fused-ring (bicyclic) bond motifs is 3. The van der Waals surface area contributed by atoms with Gasteiger partial charge in [-0.2, -0.15) is 9.29 Å². The summed E-state index contributed by atoms with van der Waals surface area (Å²) in [6, 6.07) is 1.22. The van der Waals surface area contributed by atoms with Crippen LogP contribution in [0, 0.1) is 5.92 Å². The average molecular weight is 1090 g/mol. The number of nitrogens with zero attached hydrogens (tertiary/aromatic N) is 2. The van der Waals surface area contributed by atoms with Gasteiger partial charge in [-0.1, -0.05) is 120 Å². The minimum Gasteiger partial charge on any atom is -0.462 e. The minimum absolute atomic E-state index is 0.0549. The predicted molar refractivity (Wildman–Crippen MR) is 274 cm³/mol. The molecule has 422 valence electrons. The third-order valence-electron chi connectivity index (χ3n) is 12.2. The number of phosphoric ester groups is 2. The van der Waals surface area contributed by atoms with E-state index in [1.807, 2.05) is 6.92 Å². The molecule has 24 heteroatoms. The highest BCUT2D eigenvalue weighted by Crippen LogP contribution is 2.60. The lowest BCUT2D eigenvalue weighted by atomic mass is 9.92. The van der Waals surface area contributed by atoms with Crippen molar-refractivity contribution in [1.29, 1.82) is 0 Å². The zero-order valence-electron chi connectivity index (χ0n) is 42.9. The summed E-state index contributed by atoms with van der Waals surface area (Å²) in [5.41, 5.74) is 4.75. The summed E-state index contributed by atoms with van der Waals surface area (Å²) in [5, 5.41) is 56.8. The first-order valence-electron chi connectivity index (χ1n) is 26.1. The van der Waals surface area contributed by atoms with Crippen molar-refractivity contribution in [2.24, 2.45) is 5.92 Å². The van der Waals surface area contributed by atoms with Crippen LogP contribution >= 0.6 is 15.6 Å². The summed E-state index contributed by atoms with van der Waals surface area (Å²) >= 11 is 0. The topological polar surface area (TPSA) is 335 Å². The van der Waals surface area contributed by atoms with E-state index in [2.05, 4.69) is 40.5 Å². The highest BCUT2D eigenvalue weighted by atomic mass is 31.3. The number of hydrogen-bond donors (Lipinski definition) is 8. The number of unbranched alkanes of at least 4 members (excludes halogenated alkanes) is 11. The summed E-state index contributed by atoms with van der Waals surface area (Å²) in [5.74, 6) is -2.87. The van der Waals surface area contributed by atoms with Crippen LogP contribution in [0.1, 0.15) is 155 Å². The maximum atomic E-state index is 13.4. The largest absolute Gasteiger partial charge is 0.481 e. The van der Waals surface area contributed by atoms with Crippen molar-refractivity contribution in [2.45, 2.75) is 204 Å². The second-order valence-electron chi connectivity index (χ2n) is 18.6. The lowest BCUT2D eigenvalue weighted by Crippen LogP contribution is -2.49. The van der Waals surface area contributed by atoms with Gasteiger partial charge < -0.3 is 60.0 Å². The first kappa shape index (κ1) is 64.8. The number of anilines is 1. The molecule has 22 nitrogen and oxygen atoms in total. The SMILES string of the molecule is CCCCCC/C=C\C=C/CCCCCCCC(=O)OC[C@@H]1COP(=O)(O)OP(=O)(O)OC[C@H]2O[C@@H](n3ccc(N)nc3=O)[C@@H](CC=CCCCC(=O)O1)[C@@H](O)CC(O)O[C@H](/C=C/[C@@H](O)CCCCC)[C@H](O)[C@@H]2O. The lowest BCUT2D eigenvalue weighted by molar-refractivity contribution is -0.192. The molecule has 2 aliphatic heterocycles.